The minimum absolute atomic E-state index is 0. The summed E-state index contributed by atoms with van der Waals surface area (Å²) in [6, 6.07) is 0. The number of likely N-dealkylation sites (tertiary alicyclic amines) is 3. The normalized spacial score (nSPS) is 23.2. The third-order valence-corrected chi connectivity index (χ3v) is 10.4. The number of aryl methyl sites for hydroxylation is 1. The SMILES string of the molecule is C.CN1CC1.CN1CCC1.CN1CCCC1.CN1CCCCC1.CN1CCN(C)CC1.CN1CCOCC1.CN1CCSCC1.Cn1ccnc1. The second-order valence-electron chi connectivity index (χ2n) is 15.0. The molecule has 0 radical (unpaired) electrons. The molecule has 0 aliphatic carbocycles. The van der Waals surface area contributed by atoms with E-state index in [0.29, 0.717) is 0 Å². The van der Waals surface area contributed by atoms with Crippen LogP contribution < -0.4 is 0 Å². The number of rotatable bonds is 0. The lowest BCUT2D eigenvalue weighted by Crippen LogP contribution is -2.42. The Morgan fingerprint density at radius 2 is 0.745 bits per heavy atom. The van der Waals surface area contributed by atoms with Crippen LogP contribution in [0.5, 0.6) is 0 Å². The van der Waals surface area contributed by atoms with Gasteiger partial charge in [0.15, 0.2) is 0 Å². The standard InChI is InChI=1S/C6H14N2.C6H13N.C5H11NO.C5H11NS.C5H11N.C4H6N2.C4H9N.C3H7N.CH4/c1-7-3-5-8(2)6-4-7;1-7-5-3-2-4-6-7;2*1-6-2-4-7-5-3-6;1-6-4-2-3-5-6;1-6-3-2-5-4-6;1-5-3-2-4-5;1-4-2-3-4;/h3-6H2,1-2H3;2-6H2,1H3;2*2-5H2,1H3;2-5H2,1H3;2-4H,1H3;2-4H2,1H3;2-3H2,1H3;1H4. The van der Waals surface area contributed by atoms with E-state index in [4.69, 9.17) is 4.74 Å². The molecule has 1 aromatic rings. The zero-order chi connectivity index (χ0) is 36.8. The van der Waals surface area contributed by atoms with Crippen LogP contribution in [0.15, 0.2) is 18.7 Å². The molecule has 12 heteroatoms. The second-order valence-corrected chi connectivity index (χ2v) is 16.2. The van der Waals surface area contributed by atoms with Crippen LogP contribution in [0.4, 0.5) is 0 Å². The summed E-state index contributed by atoms with van der Waals surface area (Å²) < 4.78 is 6.99. The summed E-state index contributed by atoms with van der Waals surface area (Å²) in [5, 5.41) is 0. The molecule has 8 heterocycles. The number of aromatic nitrogens is 2. The molecule has 0 spiro atoms. The largest absolute Gasteiger partial charge is 0.379 e. The van der Waals surface area contributed by atoms with Gasteiger partial charge in [0.2, 0.25) is 0 Å². The van der Waals surface area contributed by atoms with Crippen LogP contribution in [-0.4, -0.2) is 235 Å². The van der Waals surface area contributed by atoms with Gasteiger partial charge in [0.05, 0.1) is 19.5 Å². The Labute approximate surface area is 322 Å². The average Bonchev–Trinajstić information content (AvgIpc) is 3.48. The molecular formula is C39H86N10OS. The van der Waals surface area contributed by atoms with Gasteiger partial charge in [-0.15, -0.1) is 0 Å². The van der Waals surface area contributed by atoms with Gasteiger partial charge in [0.25, 0.3) is 0 Å². The number of piperidine rings is 1. The van der Waals surface area contributed by atoms with E-state index in [1.54, 1.807) is 12.5 Å². The van der Waals surface area contributed by atoms with Crippen LogP contribution in [0, 0.1) is 0 Å². The van der Waals surface area contributed by atoms with Crippen LogP contribution in [0.3, 0.4) is 0 Å². The van der Waals surface area contributed by atoms with Gasteiger partial charge in [0.1, 0.15) is 0 Å². The molecule has 7 aliphatic heterocycles. The molecule has 0 aromatic carbocycles. The summed E-state index contributed by atoms with van der Waals surface area (Å²) >= 11 is 2.06. The Balaban J connectivity index is 0.000000562. The quantitative estimate of drug-likeness (QED) is 0.367. The van der Waals surface area contributed by atoms with E-state index in [2.05, 4.69) is 112 Å². The first-order valence-electron chi connectivity index (χ1n) is 19.6. The Morgan fingerprint density at radius 3 is 0.922 bits per heavy atom. The fourth-order valence-electron chi connectivity index (χ4n) is 5.04. The molecule has 51 heavy (non-hydrogen) atoms. The van der Waals surface area contributed by atoms with Crippen LogP contribution in [-0.2, 0) is 11.8 Å². The van der Waals surface area contributed by atoms with Crippen molar-refractivity contribution in [2.45, 2.75) is 46.0 Å². The lowest BCUT2D eigenvalue weighted by Gasteiger charge is -2.28. The van der Waals surface area contributed by atoms with Gasteiger partial charge in [-0.3, -0.25) is 0 Å². The fourth-order valence-corrected chi connectivity index (χ4v) is 6.13. The van der Waals surface area contributed by atoms with Crippen LogP contribution in [0.2, 0.25) is 0 Å². The minimum Gasteiger partial charge on any atom is -0.379 e. The molecule has 304 valence electrons. The third kappa shape index (κ3) is 34.7. The lowest BCUT2D eigenvalue weighted by molar-refractivity contribution is 0.0503. The number of imidazole rings is 1. The lowest BCUT2D eigenvalue weighted by atomic mass is 10.1. The number of piperazine rings is 1. The third-order valence-electron chi connectivity index (χ3n) is 9.49. The maximum Gasteiger partial charge on any atom is 0.0943 e. The van der Waals surface area contributed by atoms with Crippen molar-refractivity contribution in [1.29, 1.82) is 0 Å². The zero-order valence-electron chi connectivity index (χ0n) is 34.4. The number of morpholine rings is 1. The molecule has 0 N–H and O–H groups in total. The number of nitrogens with zero attached hydrogens (tertiary/aromatic N) is 10. The van der Waals surface area contributed by atoms with E-state index in [0.717, 1.165) is 26.3 Å². The molecule has 1 aromatic heterocycles. The van der Waals surface area contributed by atoms with E-state index in [1.807, 2.05) is 17.8 Å². The number of hydrogen-bond donors (Lipinski definition) is 0. The summed E-state index contributed by atoms with van der Waals surface area (Å²) in [5.41, 5.74) is 0. The Bertz CT molecular complexity index is 766. The van der Waals surface area contributed by atoms with E-state index >= 15 is 0 Å². The first-order valence-corrected chi connectivity index (χ1v) is 20.8. The van der Waals surface area contributed by atoms with E-state index in [1.165, 1.54) is 142 Å². The van der Waals surface area contributed by atoms with Crippen LogP contribution in [0.1, 0.15) is 46.0 Å². The van der Waals surface area contributed by atoms with Crippen molar-refractivity contribution in [3.05, 3.63) is 18.7 Å². The van der Waals surface area contributed by atoms with Gasteiger partial charge in [-0.25, -0.2) is 4.98 Å². The van der Waals surface area contributed by atoms with Crippen LogP contribution >= 0.6 is 11.8 Å². The number of hydrogen-bond acceptors (Lipinski definition) is 11. The molecule has 7 aliphatic rings. The van der Waals surface area contributed by atoms with E-state index in [-0.39, 0.29) is 7.43 Å². The van der Waals surface area contributed by atoms with E-state index in [9.17, 15) is 0 Å². The van der Waals surface area contributed by atoms with Gasteiger partial charge < -0.3 is 48.5 Å². The molecule has 0 unspecified atom stereocenters. The molecule has 0 bridgehead atoms. The monoisotopic (exact) mass is 743 g/mol. The highest BCUT2D eigenvalue weighted by Crippen LogP contribution is 2.06. The van der Waals surface area contributed by atoms with Crippen molar-refractivity contribution in [3.63, 3.8) is 0 Å². The molecule has 8 rings (SSSR count). The van der Waals surface area contributed by atoms with Crippen molar-refractivity contribution >= 4 is 11.8 Å². The Morgan fingerprint density at radius 1 is 0.412 bits per heavy atom. The number of ether oxygens (including phenoxy) is 1. The van der Waals surface area contributed by atoms with Gasteiger partial charge in [-0.2, -0.15) is 11.8 Å². The predicted molar refractivity (Wildman–Crippen MR) is 226 cm³/mol. The van der Waals surface area contributed by atoms with Crippen molar-refractivity contribution in [3.8, 4) is 0 Å². The van der Waals surface area contributed by atoms with Gasteiger partial charge in [0, 0.05) is 96.4 Å². The highest BCUT2D eigenvalue weighted by molar-refractivity contribution is 7.99. The second kappa shape index (κ2) is 33.7. The topological polar surface area (TPSA) is 52.7 Å². The van der Waals surface area contributed by atoms with Crippen LogP contribution in [0.25, 0.3) is 0 Å². The highest BCUT2D eigenvalue weighted by atomic mass is 32.2. The molecule has 0 atom stereocenters. The molecule has 0 amide bonds. The summed E-state index contributed by atoms with van der Waals surface area (Å²) in [5.74, 6) is 2.66. The van der Waals surface area contributed by atoms with Gasteiger partial charge in [-0.1, -0.05) is 13.8 Å². The molecule has 11 nitrogen and oxygen atoms in total. The predicted octanol–water partition coefficient (Wildman–Crippen LogP) is 3.60. The van der Waals surface area contributed by atoms with Gasteiger partial charge in [-0.05, 0) is 128 Å². The van der Waals surface area contributed by atoms with Crippen molar-refractivity contribution in [2.24, 2.45) is 7.05 Å². The molecule has 7 saturated heterocycles. The zero-order valence-corrected chi connectivity index (χ0v) is 35.2. The molecular weight excluding hydrogens is 657 g/mol. The number of likely N-dealkylation sites (N-methyl/N-ethyl adjacent to an activating group) is 4. The Hall–Kier alpha value is -0.800. The maximum absolute atomic E-state index is 5.10. The van der Waals surface area contributed by atoms with Crippen molar-refractivity contribution in [1.82, 2.24) is 48.8 Å². The first-order chi connectivity index (χ1) is 24.0. The molecule has 0 saturated carbocycles. The molecule has 7 fully saturated rings. The van der Waals surface area contributed by atoms with Gasteiger partial charge >= 0.3 is 0 Å². The fraction of sp³-hybridized carbons (Fsp3) is 0.923. The van der Waals surface area contributed by atoms with Crippen molar-refractivity contribution in [2.75, 3.05) is 186 Å². The minimum atomic E-state index is 0. The number of thioether (sulfide) groups is 1. The van der Waals surface area contributed by atoms with Crippen molar-refractivity contribution < 1.29 is 4.74 Å². The highest BCUT2D eigenvalue weighted by Gasteiger charge is 2.09. The van der Waals surface area contributed by atoms with E-state index < -0.39 is 0 Å². The average molecular weight is 743 g/mol. The maximum atomic E-state index is 5.10. The summed E-state index contributed by atoms with van der Waals surface area (Å²) in [4.78, 5) is 22.5. The summed E-state index contributed by atoms with van der Waals surface area (Å²) in [7, 11) is 19.2. The summed E-state index contributed by atoms with van der Waals surface area (Å²) in [6.45, 7) is 22.1. The smallest absolute Gasteiger partial charge is 0.0943 e. The first kappa shape index (κ1) is 50.2. The Kier molecular flexibility index (Phi) is 33.2. The summed E-state index contributed by atoms with van der Waals surface area (Å²) in [6.07, 6.45) is 13.9.